The van der Waals surface area contributed by atoms with Crippen LogP contribution in [0.25, 0.3) is 28.2 Å². The summed E-state index contributed by atoms with van der Waals surface area (Å²) in [5.74, 6) is 0.741. The van der Waals surface area contributed by atoms with Gasteiger partial charge in [0.15, 0.2) is 5.82 Å². The molecule has 0 N–H and O–H groups in total. The molecule has 9 heteroatoms. The van der Waals surface area contributed by atoms with Crippen molar-refractivity contribution in [1.82, 2.24) is 19.4 Å². The van der Waals surface area contributed by atoms with E-state index in [2.05, 4.69) is 30.9 Å². The first-order valence-electron chi connectivity index (χ1n) is 8.34. The van der Waals surface area contributed by atoms with Crippen LogP contribution in [0.5, 0.6) is 0 Å². The van der Waals surface area contributed by atoms with Crippen molar-refractivity contribution in [3.05, 3.63) is 65.7 Å². The first-order chi connectivity index (χ1) is 13.3. The molecule has 3 heterocycles. The van der Waals surface area contributed by atoms with Gasteiger partial charge in [0, 0.05) is 42.3 Å². The normalized spacial score (nSPS) is 11.7. The van der Waals surface area contributed by atoms with Crippen LogP contribution in [-0.2, 0) is 10.0 Å². The summed E-state index contributed by atoms with van der Waals surface area (Å²) < 4.78 is 28.0. The van der Waals surface area contributed by atoms with E-state index >= 15 is 0 Å². The quantitative estimate of drug-likeness (QED) is 0.437. The number of rotatable bonds is 4. The number of sulfonamides is 1. The summed E-state index contributed by atoms with van der Waals surface area (Å²) in [6.07, 6.45) is 6.49. The number of halogens is 1. The van der Waals surface area contributed by atoms with E-state index in [0.717, 1.165) is 27.5 Å². The fraction of sp³-hybridized carbons (Fsp3) is 0.105. The van der Waals surface area contributed by atoms with Crippen molar-refractivity contribution in [3.63, 3.8) is 0 Å². The van der Waals surface area contributed by atoms with Gasteiger partial charge in [0.2, 0.25) is 15.8 Å². The second-order valence-corrected chi connectivity index (χ2v) is 9.09. The Hall–Kier alpha value is -2.78. The minimum atomic E-state index is -3.49. The molecule has 0 fully saturated rings. The van der Waals surface area contributed by atoms with Crippen molar-refractivity contribution in [3.8, 4) is 22.4 Å². The highest BCUT2D eigenvalue weighted by Gasteiger charge is 2.23. The van der Waals surface area contributed by atoms with E-state index < -0.39 is 10.0 Å². The van der Waals surface area contributed by atoms with E-state index in [1.165, 1.54) is 11.4 Å². The highest BCUT2D eigenvalue weighted by Crippen LogP contribution is 2.33. The Morgan fingerprint density at radius 3 is 2.32 bits per heavy atom. The molecule has 142 valence electrons. The third-order valence-corrected chi connectivity index (χ3v) is 6.00. The molecule has 0 radical (unpaired) electrons. The Morgan fingerprint density at radius 2 is 1.68 bits per heavy atom. The molecule has 0 aliphatic carbocycles. The predicted octanol–water partition coefficient (Wildman–Crippen LogP) is 3.62. The van der Waals surface area contributed by atoms with Crippen molar-refractivity contribution in [2.75, 3.05) is 17.6 Å². The van der Waals surface area contributed by atoms with Crippen LogP contribution in [0, 0.1) is 0 Å². The Labute approximate surface area is 170 Å². The highest BCUT2D eigenvalue weighted by atomic mass is 79.9. The van der Waals surface area contributed by atoms with Gasteiger partial charge in [0.25, 0.3) is 0 Å². The number of aromatic nitrogens is 4. The molecule has 0 unspecified atom stereocenters. The zero-order valence-electron chi connectivity index (χ0n) is 15.1. The number of anilines is 1. The van der Waals surface area contributed by atoms with Crippen molar-refractivity contribution in [2.24, 2.45) is 0 Å². The van der Waals surface area contributed by atoms with Gasteiger partial charge < -0.3 is 0 Å². The molecule has 0 bridgehead atoms. The lowest BCUT2D eigenvalue weighted by atomic mass is 10.1. The summed E-state index contributed by atoms with van der Waals surface area (Å²) in [6, 6.07) is 13.3. The third-order valence-electron chi connectivity index (χ3n) is 4.37. The topological polar surface area (TPSA) is 80.5 Å². The molecule has 28 heavy (non-hydrogen) atoms. The molecule has 0 spiro atoms. The van der Waals surface area contributed by atoms with Gasteiger partial charge in [0.05, 0.1) is 11.9 Å². The van der Waals surface area contributed by atoms with Crippen LogP contribution in [0.2, 0.25) is 0 Å². The second-order valence-electron chi connectivity index (χ2n) is 6.26. The Balaban J connectivity index is 1.99. The van der Waals surface area contributed by atoms with Gasteiger partial charge in [-0.05, 0) is 22.0 Å². The molecule has 3 aromatic heterocycles. The minimum Gasteiger partial charge on any atom is -0.281 e. The lowest BCUT2D eigenvalue weighted by molar-refractivity contribution is 0.600. The van der Waals surface area contributed by atoms with E-state index in [4.69, 9.17) is 0 Å². The second kappa shape index (κ2) is 6.99. The van der Waals surface area contributed by atoms with E-state index in [1.807, 2.05) is 53.1 Å². The van der Waals surface area contributed by atoms with Gasteiger partial charge in [-0.15, -0.1) is 0 Å². The van der Waals surface area contributed by atoms with Gasteiger partial charge in [-0.25, -0.2) is 18.4 Å². The molecule has 0 atom stereocenters. The van der Waals surface area contributed by atoms with Crippen LogP contribution in [-0.4, -0.2) is 41.1 Å². The first-order valence-corrected chi connectivity index (χ1v) is 11.0. The van der Waals surface area contributed by atoms with Gasteiger partial charge in [-0.2, -0.15) is 4.98 Å². The van der Waals surface area contributed by atoms with Crippen LogP contribution in [0.1, 0.15) is 0 Å². The maximum absolute atomic E-state index is 12.2. The lowest BCUT2D eigenvalue weighted by Gasteiger charge is -2.15. The number of imidazole rings is 1. The Morgan fingerprint density at radius 1 is 0.964 bits per heavy atom. The SMILES string of the molecule is CN(c1nc2ncc(-c3ccc(Br)nc3)cn2c1-c1ccccc1)S(C)(=O)=O. The van der Waals surface area contributed by atoms with Gasteiger partial charge in [-0.3, -0.25) is 8.71 Å². The van der Waals surface area contributed by atoms with Crippen molar-refractivity contribution in [1.29, 1.82) is 0 Å². The molecule has 0 saturated heterocycles. The number of fused-ring (bicyclic) bond motifs is 1. The average Bonchev–Trinajstić information content (AvgIpc) is 3.06. The minimum absolute atomic E-state index is 0.326. The van der Waals surface area contributed by atoms with Crippen molar-refractivity contribution >= 4 is 37.5 Å². The summed E-state index contributed by atoms with van der Waals surface area (Å²) in [5.41, 5.74) is 3.23. The van der Waals surface area contributed by atoms with Gasteiger partial charge >= 0.3 is 0 Å². The summed E-state index contributed by atoms with van der Waals surface area (Å²) in [6.45, 7) is 0. The van der Waals surface area contributed by atoms with Crippen LogP contribution in [0.15, 0.2) is 65.7 Å². The summed E-state index contributed by atoms with van der Waals surface area (Å²) in [7, 11) is -2.00. The molecule has 7 nitrogen and oxygen atoms in total. The van der Waals surface area contributed by atoms with E-state index in [9.17, 15) is 8.42 Å². The zero-order chi connectivity index (χ0) is 19.9. The fourth-order valence-corrected chi connectivity index (χ4v) is 3.53. The summed E-state index contributed by atoms with van der Waals surface area (Å²) in [5, 5.41) is 0. The van der Waals surface area contributed by atoms with Gasteiger partial charge in [0.1, 0.15) is 4.60 Å². The van der Waals surface area contributed by atoms with Crippen LogP contribution >= 0.6 is 15.9 Å². The standard InChI is InChI=1S/C19H16BrN5O2S/c1-24(28(2,26)27)18-17(13-6-4-3-5-7-13)25-12-15(11-22-19(25)23-18)14-8-9-16(20)21-10-14/h3-12H,1-2H3. The Kier molecular flexibility index (Phi) is 4.64. The number of hydrogen-bond donors (Lipinski definition) is 0. The molecule has 4 rings (SSSR count). The zero-order valence-corrected chi connectivity index (χ0v) is 17.5. The monoisotopic (exact) mass is 457 g/mol. The fourth-order valence-electron chi connectivity index (χ4n) is 2.86. The molecule has 0 saturated carbocycles. The van der Waals surface area contributed by atoms with Gasteiger partial charge in [-0.1, -0.05) is 36.4 Å². The number of pyridine rings is 1. The number of benzene rings is 1. The smallest absolute Gasteiger partial charge is 0.236 e. The maximum atomic E-state index is 12.2. The first kappa shape index (κ1) is 18.6. The predicted molar refractivity (Wildman–Crippen MR) is 113 cm³/mol. The number of nitrogens with zero attached hydrogens (tertiary/aromatic N) is 5. The lowest BCUT2D eigenvalue weighted by Crippen LogP contribution is -2.25. The largest absolute Gasteiger partial charge is 0.281 e. The van der Waals surface area contributed by atoms with Crippen molar-refractivity contribution < 1.29 is 8.42 Å². The molecular weight excluding hydrogens is 442 g/mol. The van der Waals surface area contributed by atoms with Crippen LogP contribution in [0.4, 0.5) is 5.82 Å². The molecule has 0 amide bonds. The molecular formula is C19H16BrN5O2S. The number of hydrogen-bond acceptors (Lipinski definition) is 5. The summed E-state index contributed by atoms with van der Waals surface area (Å²) in [4.78, 5) is 13.2. The van der Waals surface area contributed by atoms with Crippen molar-refractivity contribution in [2.45, 2.75) is 0 Å². The van der Waals surface area contributed by atoms with E-state index in [0.29, 0.717) is 17.3 Å². The molecule has 4 aromatic rings. The van der Waals surface area contributed by atoms with Crippen LogP contribution in [0.3, 0.4) is 0 Å². The highest BCUT2D eigenvalue weighted by molar-refractivity contribution is 9.10. The average molecular weight is 458 g/mol. The van der Waals surface area contributed by atoms with E-state index in [-0.39, 0.29) is 0 Å². The van der Waals surface area contributed by atoms with Crippen LogP contribution < -0.4 is 4.31 Å². The third kappa shape index (κ3) is 3.38. The molecule has 0 aliphatic heterocycles. The Bertz CT molecular complexity index is 1250. The van der Waals surface area contributed by atoms with E-state index in [1.54, 1.807) is 12.4 Å². The maximum Gasteiger partial charge on any atom is 0.236 e. The molecule has 0 aliphatic rings. The summed E-state index contributed by atoms with van der Waals surface area (Å²) >= 11 is 3.33. The molecule has 1 aromatic carbocycles.